The summed E-state index contributed by atoms with van der Waals surface area (Å²) in [6.45, 7) is 10.4. The summed E-state index contributed by atoms with van der Waals surface area (Å²) in [5.74, 6) is 0. The molecule has 3 nitrogen and oxygen atoms in total. The summed E-state index contributed by atoms with van der Waals surface area (Å²) in [6.07, 6.45) is 2.45. The van der Waals surface area contributed by atoms with Gasteiger partial charge in [0.1, 0.15) is 0 Å². The molecular weight excluding hydrogens is 176 g/mol. The average molecular weight is 202 g/mol. The van der Waals surface area contributed by atoms with E-state index in [1.807, 2.05) is 6.92 Å². The van der Waals surface area contributed by atoms with Crippen molar-refractivity contribution < 1.29 is 4.74 Å². The summed E-state index contributed by atoms with van der Waals surface area (Å²) >= 11 is 0. The molecule has 0 spiro atoms. The molecule has 1 N–H and O–H groups in total. The number of nitrogens with zero attached hydrogens (tertiary/aromatic N) is 1. The van der Waals surface area contributed by atoms with Gasteiger partial charge in [-0.15, -0.1) is 0 Å². The van der Waals surface area contributed by atoms with Crippen LogP contribution in [0.15, 0.2) is 0 Å². The maximum atomic E-state index is 5.29. The lowest BCUT2D eigenvalue weighted by molar-refractivity contribution is 0.122. The Labute approximate surface area is 88.8 Å². The zero-order valence-electron chi connectivity index (χ0n) is 10.0. The van der Waals surface area contributed by atoms with Crippen LogP contribution in [0, 0.1) is 0 Å². The summed E-state index contributed by atoms with van der Waals surface area (Å²) in [6, 6.07) is 0. The molecule has 0 unspecified atom stereocenters. The Morgan fingerprint density at radius 3 is 2.57 bits per heavy atom. The number of nitrogens with one attached hydrogen (secondary N) is 1. The van der Waals surface area contributed by atoms with Gasteiger partial charge in [0.2, 0.25) is 0 Å². The summed E-state index contributed by atoms with van der Waals surface area (Å²) < 4.78 is 5.29. The minimum Gasteiger partial charge on any atom is -0.380 e. The third-order valence-corrected chi connectivity index (χ3v) is 2.14. The number of likely N-dealkylation sites (N-methyl/N-ethyl adjacent to an activating group) is 1. The molecule has 0 saturated heterocycles. The fraction of sp³-hybridized carbons (Fsp3) is 1.00. The molecule has 0 aliphatic heterocycles. The summed E-state index contributed by atoms with van der Waals surface area (Å²) in [4.78, 5) is 2.32. The predicted octanol–water partition coefficient (Wildman–Crippen LogP) is 1.34. The molecule has 0 rings (SSSR count). The van der Waals surface area contributed by atoms with Crippen LogP contribution in [-0.2, 0) is 4.74 Å². The van der Waals surface area contributed by atoms with E-state index in [9.17, 15) is 0 Å². The van der Waals surface area contributed by atoms with Crippen LogP contribution in [0.4, 0.5) is 0 Å². The molecule has 0 radical (unpaired) electrons. The molecule has 0 fully saturated rings. The van der Waals surface area contributed by atoms with Crippen molar-refractivity contribution in [2.45, 2.75) is 26.7 Å². The molecule has 0 saturated carbocycles. The fourth-order valence-electron chi connectivity index (χ4n) is 1.25. The highest BCUT2D eigenvalue weighted by molar-refractivity contribution is 4.53. The van der Waals surface area contributed by atoms with Gasteiger partial charge in [-0.1, -0.05) is 6.92 Å². The quantitative estimate of drug-likeness (QED) is 0.541. The molecule has 86 valence electrons. The predicted molar refractivity (Wildman–Crippen MR) is 61.8 cm³/mol. The number of ether oxygens (including phenoxy) is 1. The molecule has 0 aliphatic rings. The van der Waals surface area contributed by atoms with Gasteiger partial charge in [0, 0.05) is 13.2 Å². The van der Waals surface area contributed by atoms with Crippen LogP contribution in [-0.4, -0.2) is 51.3 Å². The molecule has 0 bridgehead atoms. The molecule has 14 heavy (non-hydrogen) atoms. The lowest BCUT2D eigenvalue weighted by Gasteiger charge is -2.16. The van der Waals surface area contributed by atoms with Gasteiger partial charge >= 0.3 is 0 Å². The molecule has 0 heterocycles. The molecule has 0 aromatic carbocycles. The van der Waals surface area contributed by atoms with Gasteiger partial charge in [0.15, 0.2) is 0 Å². The second-order valence-electron chi connectivity index (χ2n) is 3.60. The van der Waals surface area contributed by atoms with Gasteiger partial charge in [-0.05, 0) is 46.4 Å². The Hall–Kier alpha value is -0.120. The van der Waals surface area contributed by atoms with Crippen LogP contribution in [0.5, 0.6) is 0 Å². The average Bonchev–Trinajstić information content (AvgIpc) is 2.18. The van der Waals surface area contributed by atoms with E-state index >= 15 is 0 Å². The number of rotatable bonds is 10. The molecular formula is C11H26N2O. The topological polar surface area (TPSA) is 24.5 Å². The normalized spacial score (nSPS) is 11.1. The van der Waals surface area contributed by atoms with E-state index in [4.69, 9.17) is 4.74 Å². The Morgan fingerprint density at radius 1 is 1.14 bits per heavy atom. The largest absolute Gasteiger partial charge is 0.380 e. The van der Waals surface area contributed by atoms with Crippen molar-refractivity contribution in [3.8, 4) is 0 Å². The smallest absolute Gasteiger partial charge is 0.0593 e. The number of hydrogen-bond donors (Lipinski definition) is 1. The summed E-state index contributed by atoms with van der Waals surface area (Å²) in [5, 5.41) is 3.40. The molecule has 3 heteroatoms. The first kappa shape index (κ1) is 13.9. The van der Waals surface area contributed by atoms with E-state index in [0.29, 0.717) is 0 Å². The van der Waals surface area contributed by atoms with E-state index < -0.39 is 0 Å². The Bertz CT molecular complexity index is 109. The molecule has 0 aromatic rings. The van der Waals surface area contributed by atoms with Crippen molar-refractivity contribution in [3.05, 3.63) is 0 Å². The maximum absolute atomic E-state index is 5.29. The second kappa shape index (κ2) is 11.0. The first-order chi connectivity index (χ1) is 6.81. The Balaban J connectivity index is 3.06. The SMILES string of the molecule is CCCNCCCN(C)CCOCC. The van der Waals surface area contributed by atoms with Gasteiger partial charge in [0.05, 0.1) is 6.61 Å². The molecule has 0 aromatic heterocycles. The van der Waals surface area contributed by atoms with Crippen molar-refractivity contribution in [1.82, 2.24) is 10.2 Å². The molecule has 0 aliphatic carbocycles. The second-order valence-corrected chi connectivity index (χ2v) is 3.60. The Kier molecular flexibility index (Phi) is 10.9. The Morgan fingerprint density at radius 2 is 1.93 bits per heavy atom. The molecule has 0 atom stereocenters. The monoisotopic (exact) mass is 202 g/mol. The van der Waals surface area contributed by atoms with Crippen molar-refractivity contribution in [2.75, 3.05) is 46.4 Å². The van der Waals surface area contributed by atoms with Crippen LogP contribution in [0.1, 0.15) is 26.7 Å². The standard InChI is InChI=1S/C11H26N2O/c1-4-7-12-8-6-9-13(3)10-11-14-5-2/h12H,4-11H2,1-3H3. The van der Waals surface area contributed by atoms with Crippen molar-refractivity contribution in [2.24, 2.45) is 0 Å². The van der Waals surface area contributed by atoms with Gasteiger partial charge in [-0.2, -0.15) is 0 Å². The lowest BCUT2D eigenvalue weighted by Crippen LogP contribution is -2.27. The van der Waals surface area contributed by atoms with E-state index in [-0.39, 0.29) is 0 Å². The van der Waals surface area contributed by atoms with E-state index in [1.165, 1.54) is 12.8 Å². The minimum atomic E-state index is 0.825. The van der Waals surface area contributed by atoms with Crippen LogP contribution in [0.3, 0.4) is 0 Å². The van der Waals surface area contributed by atoms with Crippen LogP contribution >= 0.6 is 0 Å². The van der Waals surface area contributed by atoms with Gasteiger partial charge < -0.3 is 15.0 Å². The highest BCUT2D eigenvalue weighted by Crippen LogP contribution is 1.87. The van der Waals surface area contributed by atoms with Gasteiger partial charge in [-0.25, -0.2) is 0 Å². The number of hydrogen-bond acceptors (Lipinski definition) is 3. The first-order valence-electron chi connectivity index (χ1n) is 5.78. The highest BCUT2D eigenvalue weighted by atomic mass is 16.5. The van der Waals surface area contributed by atoms with Gasteiger partial charge in [-0.3, -0.25) is 0 Å². The summed E-state index contributed by atoms with van der Waals surface area (Å²) in [7, 11) is 2.15. The lowest BCUT2D eigenvalue weighted by atomic mass is 10.3. The highest BCUT2D eigenvalue weighted by Gasteiger charge is 1.96. The van der Waals surface area contributed by atoms with E-state index in [1.54, 1.807) is 0 Å². The first-order valence-corrected chi connectivity index (χ1v) is 5.78. The zero-order valence-corrected chi connectivity index (χ0v) is 10.0. The maximum Gasteiger partial charge on any atom is 0.0593 e. The van der Waals surface area contributed by atoms with Gasteiger partial charge in [0.25, 0.3) is 0 Å². The van der Waals surface area contributed by atoms with Crippen LogP contribution < -0.4 is 5.32 Å². The zero-order chi connectivity index (χ0) is 10.6. The van der Waals surface area contributed by atoms with Crippen molar-refractivity contribution in [1.29, 1.82) is 0 Å². The third kappa shape index (κ3) is 9.96. The third-order valence-electron chi connectivity index (χ3n) is 2.14. The van der Waals surface area contributed by atoms with E-state index in [0.717, 1.165) is 39.4 Å². The van der Waals surface area contributed by atoms with Crippen molar-refractivity contribution in [3.63, 3.8) is 0 Å². The van der Waals surface area contributed by atoms with Crippen LogP contribution in [0.2, 0.25) is 0 Å². The van der Waals surface area contributed by atoms with Crippen molar-refractivity contribution >= 4 is 0 Å². The summed E-state index contributed by atoms with van der Waals surface area (Å²) in [5.41, 5.74) is 0. The molecule has 0 amide bonds. The fourth-order valence-corrected chi connectivity index (χ4v) is 1.25. The van der Waals surface area contributed by atoms with E-state index in [2.05, 4.69) is 24.2 Å². The minimum absolute atomic E-state index is 0.825. The van der Waals surface area contributed by atoms with Crippen LogP contribution in [0.25, 0.3) is 0 Å².